The van der Waals surface area contributed by atoms with Crippen LogP contribution in [0.3, 0.4) is 0 Å². The lowest BCUT2D eigenvalue weighted by Gasteiger charge is -2.05. The number of aryl methyl sites for hydroxylation is 3. The number of esters is 1. The smallest absolute Gasteiger partial charge is 0.306 e. The predicted molar refractivity (Wildman–Crippen MR) is 93.7 cm³/mol. The van der Waals surface area contributed by atoms with Gasteiger partial charge in [0, 0.05) is 6.42 Å². The highest BCUT2D eigenvalue weighted by molar-refractivity contribution is 7.11. The Kier molecular flexibility index (Phi) is 4.72. The number of carbonyl (C=O) groups is 1. The number of carbonyl (C=O) groups excluding carboxylic acids is 1. The Morgan fingerprint density at radius 2 is 1.91 bits per heavy atom. The fraction of sp³-hybridized carbons (Fsp3) is 0.263. The van der Waals surface area contributed by atoms with E-state index < -0.39 is 0 Å². The summed E-state index contributed by atoms with van der Waals surface area (Å²) in [6.07, 6.45) is 1.10. The van der Waals surface area contributed by atoms with Crippen molar-refractivity contribution < 1.29 is 9.53 Å². The van der Waals surface area contributed by atoms with Gasteiger partial charge in [0.25, 0.3) is 0 Å². The number of hydrogen-bond donors (Lipinski definition) is 0. The lowest BCUT2D eigenvalue weighted by atomic mass is 10.0. The second-order valence-electron chi connectivity index (χ2n) is 5.58. The second-order valence-corrected chi connectivity index (χ2v) is 6.87. The van der Waals surface area contributed by atoms with Gasteiger partial charge < -0.3 is 4.74 Å². The van der Waals surface area contributed by atoms with Crippen molar-refractivity contribution in [2.45, 2.75) is 33.3 Å². The zero-order chi connectivity index (χ0) is 16.2. The van der Waals surface area contributed by atoms with E-state index >= 15 is 0 Å². The lowest BCUT2D eigenvalue weighted by Crippen LogP contribution is -2.05. The van der Waals surface area contributed by atoms with E-state index in [2.05, 4.69) is 35.3 Å². The van der Waals surface area contributed by atoms with Gasteiger partial charge in [-0.3, -0.25) is 4.79 Å². The average Bonchev–Trinajstić information content (AvgIpc) is 2.88. The number of aromatic nitrogens is 1. The standard InChI is InChI=1S/C19H19NO2S/c1-13-18(23-14(2)20-13)12-22-19(21)10-8-15-7-9-16-5-3-4-6-17(16)11-15/h3-7,9,11H,8,10,12H2,1-2H3. The molecule has 0 saturated carbocycles. The lowest BCUT2D eigenvalue weighted by molar-refractivity contribution is -0.144. The first-order chi connectivity index (χ1) is 11.1. The molecule has 0 amide bonds. The molecule has 0 aliphatic carbocycles. The molecule has 0 aliphatic heterocycles. The topological polar surface area (TPSA) is 39.2 Å². The Hall–Kier alpha value is -2.20. The van der Waals surface area contributed by atoms with Gasteiger partial charge in [0.1, 0.15) is 6.61 Å². The Morgan fingerprint density at radius 1 is 1.13 bits per heavy atom. The number of thiazole rings is 1. The summed E-state index contributed by atoms with van der Waals surface area (Å²) in [6.45, 7) is 4.23. The van der Waals surface area contributed by atoms with Crippen molar-refractivity contribution in [2.24, 2.45) is 0 Å². The van der Waals surface area contributed by atoms with E-state index in [1.165, 1.54) is 10.8 Å². The Bertz CT molecular complexity index is 838. The van der Waals surface area contributed by atoms with Gasteiger partial charge in [-0.15, -0.1) is 11.3 Å². The van der Waals surface area contributed by atoms with Crippen molar-refractivity contribution in [3.8, 4) is 0 Å². The van der Waals surface area contributed by atoms with E-state index in [0.29, 0.717) is 19.4 Å². The maximum absolute atomic E-state index is 11.9. The number of hydrogen-bond acceptors (Lipinski definition) is 4. The zero-order valence-corrected chi connectivity index (χ0v) is 14.2. The summed E-state index contributed by atoms with van der Waals surface area (Å²) in [7, 11) is 0. The first kappa shape index (κ1) is 15.7. The van der Waals surface area contributed by atoms with Crippen LogP contribution in [0.2, 0.25) is 0 Å². The van der Waals surface area contributed by atoms with Crippen LogP contribution in [-0.4, -0.2) is 11.0 Å². The molecule has 1 heterocycles. The third-order valence-corrected chi connectivity index (χ3v) is 4.84. The van der Waals surface area contributed by atoms with Crippen LogP contribution in [0.15, 0.2) is 42.5 Å². The molecule has 0 aliphatic rings. The average molecular weight is 325 g/mol. The summed E-state index contributed by atoms with van der Waals surface area (Å²) < 4.78 is 5.36. The van der Waals surface area contributed by atoms with Crippen LogP contribution in [0.4, 0.5) is 0 Å². The van der Waals surface area contributed by atoms with Gasteiger partial charge in [0.05, 0.1) is 15.6 Å². The van der Waals surface area contributed by atoms with Crippen molar-refractivity contribution >= 4 is 28.1 Å². The van der Waals surface area contributed by atoms with Gasteiger partial charge >= 0.3 is 5.97 Å². The predicted octanol–water partition coefficient (Wildman–Crippen LogP) is 4.59. The molecule has 0 N–H and O–H groups in total. The molecular formula is C19H19NO2S. The van der Waals surface area contributed by atoms with Crippen LogP contribution in [0, 0.1) is 13.8 Å². The van der Waals surface area contributed by atoms with Gasteiger partial charge in [0.2, 0.25) is 0 Å². The molecule has 0 unspecified atom stereocenters. The summed E-state index contributed by atoms with van der Waals surface area (Å²) in [5, 5.41) is 3.42. The van der Waals surface area contributed by atoms with E-state index in [9.17, 15) is 4.79 Å². The van der Waals surface area contributed by atoms with E-state index in [1.807, 2.05) is 26.0 Å². The molecule has 23 heavy (non-hydrogen) atoms. The molecule has 3 nitrogen and oxygen atoms in total. The van der Waals surface area contributed by atoms with Crippen molar-refractivity contribution in [3.63, 3.8) is 0 Å². The Labute approximate surface area is 139 Å². The van der Waals surface area contributed by atoms with E-state index in [-0.39, 0.29) is 5.97 Å². The monoisotopic (exact) mass is 325 g/mol. The van der Waals surface area contributed by atoms with Crippen LogP contribution >= 0.6 is 11.3 Å². The summed E-state index contributed by atoms with van der Waals surface area (Å²) >= 11 is 1.58. The minimum Gasteiger partial charge on any atom is -0.460 e. The van der Waals surface area contributed by atoms with Gasteiger partial charge in [-0.25, -0.2) is 4.98 Å². The first-order valence-corrected chi connectivity index (χ1v) is 8.49. The van der Waals surface area contributed by atoms with Crippen LogP contribution in [0.5, 0.6) is 0 Å². The first-order valence-electron chi connectivity index (χ1n) is 7.68. The molecule has 0 fully saturated rings. The molecule has 0 radical (unpaired) electrons. The number of nitrogens with zero attached hydrogens (tertiary/aromatic N) is 1. The largest absolute Gasteiger partial charge is 0.460 e. The molecule has 1 aromatic heterocycles. The van der Waals surface area contributed by atoms with E-state index in [4.69, 9.17) is 4.74 Å². The third-order valence-electron chi connectivity index (χ3n) is 3.80. The van der Waals surface area contributed by atoms with Crippen LogP contribution in [-0.2, 0) is 22.6 Å². The summed E-state index contributed by atoms with van der Waals surface area (Å²) in [4.78, 5) is 17.3. The van der Waals surface area contributed by atoms with E-state index in [0.717, 1.165) is 21.1 Å². The molecule has 3 rings (SSSR count). The highest BCUT2D eigenvalue weighted by Gasteiger charge is 2.09. The molecule has 0 spiro atoms. The summed E-state index contributed by atoms with van der Waals surface area (Å²) in [6, 6.07) is 14.5. The van der Waals surface area contributed by atoms with Crippen molar-refractivity contribution in [3.05, 3.63) is 63.6 Å². The molecule has 3 aromatic rings. The highest BCUT2D eigenvalue weighted by Crippen LogP contribution is 2.19. The highest BCUT2D eigenvalue weighted by atomic mass is 32.1. The van der Waals surface area contributed by atoms with Gasteiger partial charge in [0.15, 0.2) is 0 Å². The van der Waals surface area contributed by atoms with Crippen molar-refractivity contribution in [1.82, 2.24) is 4.98 Å². The molecule has 0 atom stereocenters. The normalized spacial score (nSPS) is 10.9. The number of fused-ring (bicyclic) bond motifs is 1. The van der Waals surface area contributed by atoms with E-state index in [1.54, 1.807) is 11.3 Å². The number of ether oxygens (including phenoxy) is 1. The summed E-state index contributed by atoms with van der Waals surface area (Å²) in [5.74, 6) is -0.163. The quantitative estimate of drug-likeness (QED) is 0.644. The minimum atomic E-state index is -0.163. The summed E-state index contributed by atoms with van der Waals surface area (Å²) in [5.41, 5.74) is 2.11. The van der Waals surface area contributed by atoms with Gasteiger partial charge in [-0.2, -0.15) is 0 Å². The molecule has 0 bridgehead atoms. The van der Waals surface area contributed by atoms with Crippen molar-refractivity contribution in [2.75, 3.05) is 0 Å². The molecule has 0 saturated heterocycles. The fourth-order valence-corrected chi connectivity index (χ4v) is 3.42. The molecule has 118 valence electrons. The Balaban J connectivity index is 1.54. The van der Waals surface area contributed by atoms with Crippen molar-refractivity contribution in [1.29, 1.82) is 0 Å². The van der Waals surface area contributed by atoms with Crippen LogP contribution in [0.1, 0.15) is 27.6 Å². The van der Waals surface area contributed by atoms with Crippen LogP contribution in [0.25, 0.3) is 10.8 Å². The number of benzene rings is 2. The SMILES string of the molecule is Cc1nc(C)c(COC(=O)CCc2ccc3ccccc3c2)s1. The maximum Gasteiger partial charge on any atom is 0.306 e. The Morgan fingerprint density at radius 3 is 2.65 bits per heavy atom. The molecule has 4 heteroatoms. The second kappa shape index (κ2) is 6.92. The number of rotatable bonds is 5. The minimum absolute atomic E-state index is 0.163. The molecular weight excluding hydrogens is 306 g/mol. The van der Waals surface area contributed by atoms with Gasteiger partial charge in [-0.1, -0.05) is 42.5 Å². The maximum atomic E-state index is 11.9. The third kappa shape index (κ3) is 3.96. The zero-order valence-electron chi connectivity index (χ0n) is 13.3. The van der Waals surface area contributed by atoms with Crippen LogP contribution < -0.4 is 0 Å². The van der Waals surface area contributed by atoms with Gasteiger partial charge in [-0.05, 0) is 36.6 Å². The molecule has 2 aromatic carbocycles. The fourth-order valence-electron chi connectivity index (χ4n) is 2.57.